The molecule has 4 heteroatoms. The van der Waals surface area contributed by atoms with E-state index in [1.807, 2.05) is 30.3 Å². The molecule has 0 atom stereocenters. The van der Waals surface area contributed by atoms with Gasteiger partial charge >= 0.3 is 0 Å². The summed E-state index contributed by atoms with van der Waals surface area (Å²) >= 11 is 0. The average Bonchev–Trinajstić information content (AvgIpc) is 2.78. The van der Waals surface area contributed by atoms with Crippen molar-refractivity contribution >= 4 is 10.8 Å². The van der Waals surface area contributed by atoms with Gasteiger partial charge < -0.3 is 4.74 Å². The second-order valence-electron chi connectivity index (χ2n) is 7.36. The van der Waals surface area contributed by atoms with Gasteiger partial charge in [0.25, 0.3) is 0 Å². The quantitative estimate of drug-likeness (QED) is 0.291. The fourth-order valence-electron chi connectivity index (χ4n) is 3.74. The molecule has 0 aliphatic rings. The van der Waals surface area contributed by atoms with Crippen molar-refractivity contribution in [2.75, 3.05) is 7.11 Å². The van der Waals surface area contributed by atoms with Gasteiger partial charge in [0.1, 0.15) is 5.82 Å². The minimum Gasteiger partial charge on any atom is -0.491 e. The number of rotatable bonds is 6. The molecule has 0 aromatic heterocycles. The van der Waals surface area contributed by atoms with Gasteiger partial charge in [0.05, 0.1) is 7.11 Å². The Morgan fingerprint density at radius 1 is 0.806 bits per heavy atom. The number of hydrogen-bond acceptors (Lipinski definition) is 1. The maximum atomic E-state index is 15.2. The van der Waals surface area contributed by atoms with Gasteiger partial charge in [-0.15, -0.1) is 6.58 Å². The van der Waals surface area contributed by atoms with E-state index in [2.05, 4.69) is 18.7 Å². The van der Waals surface area contributed by atoms with Crippen LogP contribution < -0.4 is 4.74 Å². The summed E-state index contributed by atoms with van der Waals surface area (Å²) in [5, 5.41) is 1.10. The first-order valence-electron chi connectivity index (χ1n) is 9.97. The highest BCUT2D eigenvalue weighted by atomic mass is 19.1. The highest BCUT2D eigenvalue weighted by Crippen LogP contribution is 2.34. The number of ether oxygens (including phenoxy) is 1. The van der Waals surface area contributed by atoms with Crippen LogP contribution >= 0.6 is 0 Å². The lowest BCUT2D eigenvalue weighted by molar-refractivity contribution is 0.360. The van der Waals surface area contributed by atoms with Gasteiger partial charge in [-0.25, -0.2) is 13.2 Å². The van der Waals surface area contributed by atoms with Gasteiger partial charge in [-0.3, -0.25) is 0 Å². The first-order chi connectivity index (χ1) is 15.0. The third-order valence-corrected chi connectivity index (χ3v) is 5.39. The highest BCUT2D eigenvalue weighted by molar-refractivity contribution is 5.91. The summed E-state index contributed by atoms with van der Waals surface area (Å²) in [7, 11) is 1.18. The molecule has 4 aromatic rings. The molecular formula is C27H21F3O. The highest BCUT2D eigenvalue weighted by Gasteiger charge is 2.16. The molecule has 0 radical (unpaired) electrons. The second-order valence-corrected chi connectivity index (χ2v) is 7.36. The van der Waals surface area contributed by atoms with Crippen molar-refractivity contribution in [2.45, 2.75) is 12.8 Å². The molecule has 4 rings (SSSR count). The molecule has 0 amide bonds. The molecule has 156 valence electrons. The zero-order valence-electron chi connectivity index (χ0n) is 17.1. The lowest BCUT2D eigenvalue weighted by Gasteiger charge is -2.11. The lowest BCUT2D eigenvalue weighted by Crippen LogP contribution is -1.95. The van der Waals surface area contributed by atoms with Crippen LogP contribution in [0, 0.1) is 17.5 Å². The monoisotopic (exact) mass is 418 g/mol. The Hall–Kier alpha value is -3.53. The van der Waals surface area contributed by atoms with Crippen LogP contribution in [0.4, 0.5) is 13.2 Å². The van der Waals surface area contributed by atoms with E-state index in [1.165, 1.54) is 12.7 Å². The number of fused-ring (bicyclic) bond motifs is 1. The van der Waals surface area contributed by atoms with Gasteiger partial charge in [-0.05, 0) is 58.7 Å². The Morgan fingerprint density at radius 3 is 2.13 bits per heavy atom. The molecule has 0 unspecified atom stereocenters. The summed E-state index contributed by atoms with van der Waals surface area (Å²) < 4.78 is 48.1. The molecule has 0 spiro atoms. The van der Waals surface area contributed by atoms with Crippen LogP contribution in [0.25, 0.3) is 33.0 Å². The van der Waals surface area contributed by atoms with Crippen molar-refractivity contribution in [2.24, 2.45) is 0 Å². The van der Waals surface area contributed by atoms with Crippen molar-refractivity contribution in [3.8, 4) is 28.0 Å². The van der Waals surface area contributed by atoms with Gasteiger partial charge in [0.2, 0.25) is 0 Å². The van der Waals surface area contributed by atoms with E-state index in [9.17, 15) is 8.78 Å². The molecule has 0 N–H and O–H groups in total. The topological polar surface area (TPSA) is 9.23 Å². The number of aryl methyl sites for hydroxylation is 1. The minimum atomic E-state index is -0.871. The zero-order valence-corrected chi connectivity index (χ0v) is 17.1. The Kier molecular flexibility index (Phi) is 5.81. The first-order valence-corrected chi connectivity index (χ1v) is 9.97. The van der Waals surface area contributed by atoms with Crippen LogP contribution in [0.2, 0.25) is 0 Å². The van der Waals surface area contributed by atoms with Crippen molar-refractivity contribution in [1.82, 2.24) is 0 Å². The lowest BCUT2D eigenvalue weighted by atomic mass is 9.96. The smallest absolute Gasteiger partial charge is 0.190 e. The van der Waals surface area contributed by atoms with Crippen molar-refractivity contribution in [3.05, 3.63) is 102 Å². The van der Waals surface area contributed by atoms with E-state index in [0.29, 0.717) is 10.8 Å². The van der Waals surface area contributed by atoms with E-state index in [4.69, 9.17) is 4.74 Å². The zero-order chi connectivity index (χ0) is 22.0. The fourth-order valence-corrected chi connectivity index (χ4v) is 3.74. The molecule has 1 nitrogen and oxygen atoms in total. The van der Waals surface area contributed by atoms with Crippen LogP contribution in [-0.4, -0.2) is 7.11 Å². The summed E-state index contributed by atoms with van der Waals surface area (Å²) in [6.45, 7) is 3.75. The first kappa shape index (κ1) is 20.7. The van der Waals surface area contributed by atoms with Crippen LogP contribution in [0.5, 0.6) is 5.75 Å². The number of allylic oxidation sites excluding steroid dienone is 1. The van der Waals surface area contributed by atoms with Crippen LogP contribution in [-0.2, 0) is 6.42 Å². The van der Waals surface area contributed by atoms with E-state index in [0.717, 1.165) is 36.1 Å². The molecular weight excluding hydrogens is 397 g/mol. The number of methoxy groups -OCH3 is 1. The molecule has 0 aliphatic heterocycles. The molecule has 0 saturated carbocycles. The van der Waals surface area contributed by atoms with Gasteiger partial charge in [-0.2, -0.15) is 0 Å². The van der Waals surface area contributed by atoms with E-state index >= 15 is 4.39 Å². The Bertz CT molecular complexity index is 1240. The Morgan fingerprint density at radius 2 is 1.48 bits per heavy atom. The van der Waals surface area contributed by atoms with Crippen LogP contribution in [0.1, 0.15) is 12.0 Å². The average molecular weight is 418 g/mol. The van der Waals surface area contributed by atoms with Gasteiger partial charge in [0, 0.05) is 10.9 Å². The number of halogens is 3. The Balaban J connectivity index is 1.71. The van der Waals surface area contributed by atoms with Crippen molar-refractivity contribution in [1.29, 1.82) is 0 Å². The minimum absolute atomic E-state index is 0.120. The maximum Gasteiger partial charge on any atom is 0.190 e. The van der Waals surface area contributed by atoms with Crippen LogP contribution in [0.3, 0.4) is 0 Å². The number of hydrogen-bond donors (Lipinski definition) is 0. The van der Waals surface area contributed by atoms with Crippen LogP contribution in [0.15, 0.2) is 79.4 Å². The molecule has 0 fully saturated rings. The SMILES string of the molecule is C=CCCc1ccc(-c2ccc3c(F)c(-c4cc(F)c(OC)c(F)c4)ccc3c2)cc1. The summed E-state index contributed by atoms with van der Waals surface area (Å²) in [6, 6.07) is 19.2. The molecule has 0 bridgehead atoms. The predicted octanol–water partition coefficient (Wildman–Crippen LogP) is 7.72. The van der Waals surface area contributed by atoms with Crippen molar-refractivity contribution < 1.29 is 17.9 Å². The number of benzene rings is 4. The molecule has 31 heavy (non-hydrogen) atoms. The molecule has 0 heterocycles. The molecule has 4 aromatic carbocycles. The van der Waals surface area contributed by atoms with Crippen molar-refractivity contribution in [3.63, 3.8) is 0 Å². The molecule has 0 saturated heterocycles. The largest absolute Gasteiger partial charge is 0.491 e. The summed E-state index contributed by atoms with van der Waals surface area (Å²) in [6.07, 6.45) is 3.77. The third-order valence-electron chi connectivity index (χ3n) is 5.39. The Labute approximate surface area is 179 Å². The summed E-state index contributed by atoms with van der Waals surface area (Å²) in [4.78, 5) is 0. The summed E-state index contributed by atoms with van der Waals surface area (Å²) in [5.41, 5.74) is 3.49. The third kappa shape index (κ3) is 4.06. The fraction of sp³-hybridized carbons (Fsp3) is 0.111. The van der Waals surface area contributed by atoms with E-state index in [1.54, 1.807) is 18.2 Å². The standard InChI is InChI=1S/C27H21F3O/c1-3-4-5-17-6-8-18(9-7-17)19-10-12-22-20(14-19)11-13-23(26(22)30)21-15-24(28)27(31-2)25(29)16-21/h3,6-16H,1,4-5H2,2H3. The summed E-state index contributed by atoms with van der Waals surface area (Å²) in [5.74, 6) is -2.74. The molecule has 0 aliphatic carbocycles. The normalized spacial score (nSPS) is 11.0. The van der Waals surface area contributed by atoms with Gasteiger partial charge in [0.15, 0.2) is 17.4 Å². The van der Waals surface area contributed by atoms with E-state index in [-0.39, 0.29) is 11.1 Å². The second kappa shape index (κ2) is 8.68. The van der Waals surface area contributed by atoms with E-state index < -0.39 is 23.2 Å². The predicted molar refractivity (Wildman–Crippen MR) is 120 cm³/mol. The van der Waals surface area contributed by atoms with Gasteiger partial charge in [-0.1, -0.05) is 54.6 Å². The maximum absolute atomic E-state index is 15.2.